The maximum Gasteiger partial charge on any atom is 0.311 e. The van der Waals surface area contributed by atoms with Crippen LogP contribution in [0.25, 0.3) is 0 Å². The molecule has 0 aromatic carbocycles. The Kier molecular flexibility index (Phi) is 6.79. The molecule has 2 heterocycles. The van der Waals surface area contributed by atoms with Crippen LogP contribution in [0.2, 0.25) is 18.1 Å². The Hall–Kier alpha value is -0.473. The SMILES string of the molecule is CC1(C)O[C@@H]2O[C@@H](CCCOC(=O)C(C)(C)C)[C@@H](O[Si](C)(C)C(C)(C)C)[C@@H]2O1. The molecule has 28 heavy (non-hydrogen) atoms. The molecule has 2 fully saturated rings. The molecule has 0 spiro atoms. The number of rotatable bonds is 6. The fraction of sp³-hybridized carbons (Fsp3) is 0.952. The smallest absolute Gasteiger partial charge is 0.311 e. The van der Waals surface area contributed by atoms with Gasteiger partial charge in [0.2, 0.25) is 0 Å². The van der Waals surface area contributed by atoms with Crippen molar-refractivity contribution in [3.63, 3.8) is 0 Å². The van der Waals surface area contributed by atoms with Crippen molar-refractivity contribution in [2.75, 3.05) is 6.61 Å². The van der Waals surface area contributed by atoms with Crippen molar-refractivity contribution in [2.45, 2.75) is 117 Å². The third kappa shape index (κ3) is 5.57. The molecule has 0 bridgehead atoms. The van der Waals surface area contributed by atoms with Crippen molar-refractivity contribution in [1.82, 2.24) is 0 Å². The molecule has 0 aromatic rings. The lowest BCUT2D eigenvalue weighted by molar-refractivity contribution is -0.214. The Labute approximate surface area is 171 Å². The first-order chi connectivity index (χ1) is 12.5. The minimum atomic E-state index is -2.01. The summed E-state index contributed by atoms with van der Waals surface area (Å²) < 4.78 is 30.3. The summed E-state index contributed by atoms with van der Waals surface area (Å²) in [5.74, 6) is -0.850. The Balaban J connectivity index is 2.01. The summed E-state index contributed by atoms with van der Waals surface area (Å²) in [6.45, 7) is 20.9. The lowest BCUT2D eigenvalue weighted by Gasteiger charge is -2.40. The van der Waals surface area contributed by atoms with Crippen LogP contribution in [0.1, 0.15) is 68.2 Å². The van der Waals surface area contributed by atoms with Gasteiger partial charge in [0.15, 0.2) is 20.4 Å². The predicted octanol–water partition coefficient (Wildman–Crippen LogP) is 4.62. The summed E-state index contributed by atoms with van der Waals surface area (Å²) in [6, 6.07) is 0. The first-order valence-electron chi connectivity index (χ1n) is 10.4. The third-order valence-corrected chi connectivity index (χ3v) is 10.3. The van der Waals surface area contributed by atoms with Crippen molar-refractivity contribution < 1.29 is 28.2 Å². The molecule has 0 aliphatic carbocycles. The first-order valence-corrected chi connectivity index (χ1v) is 13.3. The van der Waals surface area contributed by atoms with Gasteiger partial charge in [-0.25, -0.2) is 0 Å². The van der Waals surface area contributed by atoms with Crippen molar-refractivity contribution in [3.8, 4) is 0 Å². The number of hydrogen-bond donors (Lipinski definition) is 0. The van der Waals surface area contributed by atoms with E-state index in [1.54, 1.807) is 0 Å². The van der Waals surface area contributed by atoms with Gasteiger partial charge in [-0.05, 0) is 65.6 Å². The molecule has 0 aromatic heterocycles. The van der Waals surface area contributed by atoms with Gasteiger partial charge < -0.3 is 23.4 Å². The molecule has 7 heteroatoms. The van der Waals surface area contributed by atoms with Gasteiger partial charge in [0.1, 0.15) is 12.2 Å². The van der Waals surface area contributed by atoms with Crippen molar-refractivity contribution in [2.24, 2.45) is 5.41 Å². The van der Waals surface area contributed by atoms with Crippen LogP contribution in [-0.4, -0.2) is 51.3 Å². The maximum absolute atomic E-state index is 11.9. The average Bonchev–Trinajstić information content (AvgIpc) is 2.94. The van der Waals surface area contributed by atoms with Crippen LogP contribution >= 0.6 is 0 Å². The highest BCUT2D eigenvalue weighted by atomic mass is 28.4. The van der Waals surface area contributed by atoms with Crippen LogP contribution in [0.3, 0.4) is 0 Å². The average molecular weight is 417 g/mol. The highest BCUT2D eigenvalue weighted by Gasteiger charge is 2.57. The Morgan fingerprint density at radius 2 is 1.68 bits per heavy atom. The number of fused-ring (bicyclic) bond motifs is 1. The molecule has 0 amide bonds. The van der Waals surface area contributed by atoms with Crippen LogP contribution in [0.5, 0.6) is 0 Å². The molecule has 0 unspecified atom stereocenters. The number of carbonyl (C=O) groups excluding carboxylic acids is 1. The number of esters is 1. The molecule has 164 valence electrons. The van der Waals surface area contributed by atoms with E-state index in [-0.39, 0.29) is 29.3 Å². The predicted molar refractivity (Wildman–Crippen MR) is 110 cm³/mol. The molecule has 2 saturated heterocycles. The van der Waals surface area contributed by atoms with Gasteiger partial charge in [0, 0.05) is 0 Å². The van der Waals surface area contributed by atoms with Gasteiger partial charge in [-0.15, -0.1) is 0 Å². The zero-order valence-corrected chi connectivity index (χ0v) is 20.4. The quantitative estimate of drug-likeness (QED) is 0.358. The van der Waals surface area contributed by atoms with E-state index >= 15 is 0 Å². The van der Waals surface area contributed by atoms with Crippen molar-refractivity contribution in [3.05, 3.63) is 0 Å². The Morgan fingerprint density at radius 1 is 1.07 bits per heavy atom. The second-order valence-corrected chi connectivity index (χ2v) is 15.8. The minimum absolute atomic E-state index is 0.0901. The van der Waals surface area contributed by atoms with E-state index in [1.165, 1.54) is 0 Å². The number of hydrogen-bond acceptors (Lipinski definition) is 6. The topological polar surface area (TPSA) is 63.2 Å². The van der Waals surface area contributed by atoms with Crippen molar-refractivity contribution >= 4 is 14.3 Å². The number of ether oxygens (including phenoxy) is 4. The van der Waals surface area contributed by atoms with E-state index in [4.69, 9.17) is 23.4 Å². The maximum atomic E-state index is 11.9. The summed E-state index contributed by atoms with van der Waals surface area (Å²) in [7, 11) is -2.01. The highest BCUT2D eigenvalue weighted by molar-refractivity contribution is 6.74. The second kappa shape index (κ2) is 7.98. The zero-order valence-electron chi connectivity index (χ0n) is 19.4. The molecule has 2 aliphatic rings. The summed E-state index contributed by atoms with van der Waals surface area (Å²) in [4.78, 5) is 11.9. The molecular weight excluding hydrogens is 376 g/mol. The summed E-state index contributed by atoms with van der Waals surface area (Å²) >= 11 is 0. The van der Waals surface area contributed by atoms with E-state index < -0.39 is 25.8 Å². The van der Waals surface area contributed by atoms with E-state index in [9.17, 15) is 4.79 Å². The van der Waals surface area contributed by atoms with Crippen LogP contribution in [0, 0.1) is 5.41 Å². The van der Waals surface area contributed by atoms with E-state index in [0.717, 1.165) is 6.42 Å². The van der Waals surface area contributed by atoms with Crippen LogP contribution in [0.4, 0.5) is 0 Å². The first kappa shape index (κ1) is 23.8. The van der Waals surface area contributed by atoms with Gasteiger partial charge in [-0.3, -0.25) is 4.79 Å². The zero-order chi connectivity index (χ0) is 21.5. The summed E-state index contributed by atoms with van der Waals surface area (Å²) in [5.41, 5.74) is -0.484. The summed E-state index contributed by atoms with van der Waals surface area (Å²) in [5, 5.41) is 0.0901. The molecule has 6 nitrogen and oxygen atoms in total. The molecule has 0 radical (unpaired) electrons. The lowest BCUT2D eigenvalue weighted by Crippen LogP contribution is -2.49. The van der Waals surface area contributed by atoms with E-state index in [0.29, 0.717) is 13.0 Å². The summed E-state index contributed by atoms with van der Waals surface area (Å²) in [6.07, 6.45) is 0.501. The largest absolute Gasteiger partial charge is 0.465 e. The van der Waals surface area contributed by atoms with E-state index in [1.807, 2.05) is 34.6 Å². The molecule has 0 N–H and O–H groups in total. The van der Waals surface area contributed by atoms with Gasteiger partial charge in [0.05, 0.1) is 18.1 Å². The van der Waals surface area contributed by atoms with Gasteiger partial charge >= 0.3 is 5.97 Å². The molecule has 2 rings (SSSR count). The molecule has 4 atom stereocenters. The lowest BCUT2D eigenvalue weighted by atomic mass is 9.97. The minimum Gasteiger partial charge on any atom is -0.465 e. The third-order valence-electron chi connectivity index (χ3n) is 5.80. The van der Waals surface area contributed by atoms with Crippen LogP contribution < -0.4 is 0 Å². The van der Waals surface area contributed by atoms with E-state index in [2.05, 4.69) is 33.9 Å². The second-order valence-electron chi connectivity index (χ2n) is 11.0. The Morgan fingerprint density at radius 3 is 2.21 bits per heavy atom. The highest BCUT2D eigenvalue weighted by Crippen LogP contribution is 2.44. The standard InChI is InChI=1S/C21H40O6Si/c1-19(2,3)18(22)23-13-11-12-14-15(27-28(9,10)20(4,5)6)16-17(24-14)26-21(7,8)25-16/h14-17H,11-13H2,1-10H3/t14-,15+,16-,17-/m0/s1. The van der Waals surface area contributed by atoms with Gasteiger partial charge in [-0.2, -0.15) is 0 Å². The van der Waals surface area contributed by atoms with Gasteiger partial charge in [-0.1, -0.05) is 20.8 Å². The fourth-order valence-electron chi connectivity index (χ4n) is 3.10. The molecule has 0 saturated carbocycles. The molecular formula is C21H40O6Si. The Bertz CT molecular complexity index is 560. The monoisotopic (exact) mass is 416 g/mol. The van der Waals surface area contributed by atoms with Crippen molar-refractivity contribution in [1.29, 1.82) is 0 Å². The normalized spacial score (nSPS) is 30.4. The van der Waals surface area contributed by atoms with Gasteiger partial charge in [0.25, 0.3) is 0 Å². The number of carbonyl (C=O) groups is 1. The van der Waals surface area contributed by atoms with Crippen LogP contribution in [-0.2, 0) is 28.2 Å². The van der Waals surface area contributed by atoms with Crippen LogP contribution in [0.15, 0.2) is 0 Å². The molecule has 2 aliphatic heterocycles. The fourth-order valence-corrected chi connectivity index (χ4v) is 4.42.